The Labute approximate surface area is 148 Å². The van der Waals surface area contributed by atoms with Gasteiger partial charge in [0.25, 0.3) is 0 Å². The van der Waals surface area contributed by atoms with Crippen molar-refractivity contribution < 1.29 is 19.1 Å². The Morgan fingerprint density at radius 3 is 2.52 bits per heavy atom. The number of hydrogen-bond donors (Lipinski definition) is 0. The van der Waals surface area contributed by atoms with Crippen LogP contribution in [0.2, 0.25) is 0 Å². The summed E-state index contributed by atoms with van der Waals surface area (Å²) in [7, 11) is 0. The molecule has 7 heteroatoms. The molecule has 0 spiro atoms. The average molecular weight is 349 g/mol. The topological polar surface area (TPSA) is 70.2 Å². The lowest BCUT2D eigenvalue weighted by atomic mass is 9.77. The number of hydrazine groups is 1. The van der Waals surface area contributed by atoms with Crippen LogP contribution >= 0.6 is 0 Å². The monoisotopic (exact) mass is 349 g/mol. The summed E-state index contributed by atoms with van der Waals surface area (Å²) in [6, 6.07) is 0.00245. The zero-order chi connectivity index (χ0) is 17.8. The molecule has 4 rings (SSSR count). The van der Waals surface area contributed by atoms with E-state index in [2.05, 4.69) is 18.9 Å². The van der Waals surface area contributed by atoms with Crippen molar-refractivity contribution in [1.82, 2.24) is 14.9 Å². The van der Waals surface area contributed by atoms with E-state index in [1.54, 1.807) is 5.01 Å². The van der Waals surface area contributed by atoms with Crippen molar-refractivity contribution >= 4 is 17.9 Å². The highest BCUT2D eigenvalue weighted by Gasteiger charge is 2.58. The number of amides is 3. The highest BCUT2D eigenvalue weighted by molar-refractivity contribution is 5.95. The Morgan fingerprint density at radius 1 is 1.16 bits per heavy atom. The summed E-state index contributed by atoms with van der Waals surface area (Å²) in [6.45, 7) is 5.15. The first-order chi connectivity index (χ1) is 11.9. The van der Waals surface area contributed by atoms with Gasteiger partial charge in [0.2, 0.25) is 11.8 Å². The third-order valence-corrected chi connectivity index (χ3v) is 6.29. The molecule has 1 aliphatic carbocycles. The number of carbonyl (C=O) groups is 3. The lowest BCUT2D eigenvalue weighted by molar-refractivity contribution is -0.139. The second-order valence-electron chi connectivity index (χ2n) is 8.41. The van der Waals surface area contributed by atoms with E-state index in [0.29, 0.717) is 25.4 Å². The molecule has 3 amide bonds. The highest BCUT2D eigenvalue weighted by Crippen LogP contribution is 2.46. The minimum atomic E-state index is -0.542. The maximum atomic E-state index is 13.1. The summed E-state index contributed by atoms with van der Waals surface area (Å²) in [4.78, 5) is 38.8. The fourth-order valence-electron chi connectivity index (χ4n) is 5.23. The first-order valence-corrected chi connectivity index (χ1v) is 9.48. The predicted molar refractivity (Wildman–Crippen MR) is 89.2 cm³/mol. The van der Waals surface area contributed by atoms with E-state index in [9.17, 15) is 14.4 Å². The van der Waals surface area contributed by atoms with Crippen molar-refractivity contribution in [2.24, 2.45) is 11.8 Å². The molecule has 0 radical (unpaired) electrons. The third kappa shape index (κ3) is 2.63. The summed E-state index contributed by atoms with van der Waals surface area (Å²) >= 11 is 0. The lowest BCUT2D eigenvalue weighted by Crippen LogP contribution is -2.53. The van der Waals surface area contributed by atoms with Gasteiger partial charge in [-0.2, -0.15) is 0 Å². The smallest absolute Gasteiger partial charge is 0.416 e. The normalized spacial score (nSPS) is 33.0. The molecule has 1 saturated carbocycles. The van der Waals surface area contributed by atoms with Crippen LogP contribution in [0.3, 0.4) is 0 Å². The molecule has 3 saturated heterocycles. The van der Waals surface area contributed by atoms with Crippen molar-refractivity contribution in [3.63, 3.8) is 0 Å². The number of hydrogen-bond acceptors (Lipinski definition) is 5. The molecule has 0 aromatic carbocycles. The number of ether oxygens (including phenoxy) is 1. The van der Waals surface area contributed by atoms with E-state index in [1.165, 1.54) is 24.2 Å². The van der Waals surface area contributed by atoms with Crippen LogP contribution in [0, 0.1) is 11.8 Å². The lowest BCUT2D eigenvalue weighted by Gasteiger charge is -2.41. The van der Waals surface area contributed by atoms with Gasteiger partial charge in [-0.05, 0) is 32.6 Å². The minimum absolute atomic E-state index is 0.00245. The third-order valence-electron chi connectivity index (χ3n) is 6.29. The maximum Gasteiger partial charge on any atom is 0.416 e. The van der Waals surface area contributed by atoms with Crippen LogP contribution in [0.1, 0.15) is 52.4 Å². The Bertz CT molecular complexity index is 599. The fraction of sp³-hybridized carbons (Fsp3) is 0.833. The highest BCUT2D eigenvalue weighted by atomic mass is 16.6. The predicted octanol–water partition coefficient (Wildman–Crippen LogP) is 1.77. The van der Waals surface area contributed by atoms with Gasteiger partial charge in [0.1, 0.15) is 6.61 Å². The van der Waals surface area contributed by atoms with E-state index in [4.69, 9.17) is 4.74 Å². The Hall–Kier alpha value is -1.63. The van der Waals surface area contributed by atoms with Crippen molar-refractivity contribution in [3.05, 3.63) is 0 Å². The van der Waals surface area contributed by atoms with Crippen molar-refractivity contribution in [2.45, 2.75) is 64.0 Å². The van der Waals surface area contributed by atoms with E-state index < -0.39 is 6.09 Å². The average Bonchev–Trinajstić information content (AvgIpc) is 3.23. The van der Waals surface area contributed by atoms with Gasteiger partial charge in [-0.1, -0.05) is 19.3 Å². The first-order valence-electron chi connectivity index (χ1n) is 9.48. The van der Waals surface area contributed by atoms with Crippen LogP contribution in [0.25, 0.3) is 0 Å². The molecule has 25 heavy (non-hydrogen) atoms. The Morgan fingerprint density at radius 2 is 1.88 bits per heavy atom. The van der Waals surface area contributed by atoms with Crippen molar-refractivity contribution in [2.75, 3.05) is 19.7 Å². The zero-order valence-electron chi connectivity index (χ0n) is 15.1. The molecule has 3 aliphatic heterocycles. The fourth-order valence-corrected chi connectivity index (χ4v) is 5.23. The van der Waals surface area contributed by atoms with Crippen molar-refractivity contribution in [1.29, 1.82) is 0 Å². The summed E-state index contributed by atoms with van der Waals surface area (Å²) in [5.41, 5.74) is -0.278. The van der Waals surface area contributed by atoms with Gasteiger partial charge in [-0.3, -0.25) is 14.6 Å². The molecule has 3 heterocycles. The van der Waals surface area contributed by atoms with Gasteiger partial charge in [0.15, 0.2) is 0 Å². The first kappa shape index (κ1) is 16.8. The van der Waals surface area contributed by atoms with Crippen molar-refractivity contribution in [3.8, 4) is 0 Å². The molecule has 0 aromatic heterocycles. The van der Waals surface area contributed by atoms with Gasteiger partial charge < -0.3 is 4.74 Å². The van der Waals surface area contributed by atoms with Gasteiger partial charge in [0.05, 0.1) is 19.0 Å². The SMILES string of the molecule is CC1(C)CC(=O)N2C[C@@H](C(=O)N3CCOC3=O)[C@H](C3CCCCC3)N21. The molecule has 7 nitrogen and oxygen atoms in total. The maximum absolute atomic E-state index is 13.1. The number of cyclic esters (lactones) is 1. The summed E-state index contributed by atoms with van der Waals surface area (Å²) in [5, 5.41) is 3.96. The molecular weight excluding hydrogens is 322 g/mol. The van der Waals surface area contributed by atoms with Crippen LogP contribution in [-0.2, 0) is 14.3 Å². The molecule has 0 N–H and O–H groups in total. The standard InChI is InChI=1S/C18H27N3O4/c1-18(2)10-14(22)20-11-13(16(23)19-8-9-25-17(19)24)15(21(18)20)12-6-4-3-5-7-12/h12-13,15H,3-11H2,1-2H3/t13-,15+/m1/s1. The Balaban J connectivity index is 1.66. The minimum Gasteiger partial charge on any atom is -0.447 e. The van der Waals surface area contributed by atoms with Crippen LogP contribution in [0.15, 0.2) is 0 Å². The summed E-state index contributed by atoms with van der Waals surface area (Å²) in [6.07, 6.45) is 5.72. The quantitative estimate of drug-likeness (QED) is 0.760. The molecule has 0 unspecified atom stereocenters. The number of carbonyl (C=O) groups excluding carboxylic acids is 3. The molecule has 0 aromatic rings. The van der Waals surface area contributed by atoms with Crippen LogP contribution in [0.4, 0.5) is 4.79 Å². The summed E-state index contributed by atoms with van der Waals surface area (Å²) in [5.74, 6) is -0.0186. The van der Waals surface area contributed by atoms with E-state index in [1.807, 2.05) is 0 Å². The molecular formula is C18H27N3O4. The molecule has 138 valence electrons. The molecule has 0 bridgehead atoms. The second-order valence-corrected chi connectivity index (χ2v) is 8.41. The van der Waals surface area contributed by atoms with Crippen LogP contribution in [-0.4, -0.2) is 64.1 Å². The number of rotatable bonds is 2. The van der Waals surface area contributed by atoms with Gasteiger partial charge >= 0.3 is 6.09 Å². The van der Waals surface area contributed by atoms with Gasteiger partial charge in [0, 0.05) is 18.0 Å². The molecule has 4 aliphatic rings. The van der Waals surface area contributed by atoms with Crippen LogP contribution in [0.5, 0.6) is 0 Å². The number of fused-ring (bicyclic) bond motifs is 1. The summed E-state index contributed by atoms with van der Waals surface area (Å²) < 4.78 is 4.95. The largest absolute Gasteiger partial charge is 0.447 e. The second kappa shape index (κ2) is 5.97. The number of imide groups is 1. The van der Waals surface area contributed by atoms with Gasteiger partial charge in [-0.25, -0.2) is 14.7 Å². The van der Waals surface area contributed by atoms with E-state index in [0.717, 1.165) is 12.8 Å². The van der Waals surface area contributed by atoms with Gasteiger partial charge in [-0.15, -0.1) is 0 Å². The number of nitrogens with zero attached hydrogens (tertiary/aromatic N) is 3. The van der Waals surface area contributed by atoms with E-state index in [-0.39, 0.29) is 35.9 Å². The van der Waals surface area contributed by atoms with Crippen LogP contribution < -0.4 is 0 Å². The zero-order valence-corrected chi connectivity index (χ0v) is 15.1. The molecule has 2 atom stereocenters. The molecule has 4 fully saturated rings. The Kier molecular flexibility index (Phi) is 4.02. The van der Waals surface area contributed by atoms with E-state index >= 15 is 0 Å².